The summed E-state index contributed by atoms with van der Waals surface area (Å²) in [4.78, 5) is 12.1. The van der Waals surface area contributed by atoms with Crippen LogP contribution in [-0.2, 0) is 4.79 Å². The molecule has 25 heavy (non-hydrogen) atoms. The van der Waals surface area contributed by atoms with Gasteiger partial charge in [0.1, 0.15) is 5.75 Å². The summed E-state index contributed by atoms with van der Waals surface area (Å²) in [7, 11) is 0. The van der Waals surface area contributed by atoms with Gasteiger partial charge in [0.2, 0.25) is 18.2 Å². The monoisotopic (exact) mass is 337 g/mol. The van der Waals surface area contributed by atoms with Gasteiger partial charge in [0.15, 0.2) is 0 Å². The molecule has 6 heteroatoms. The molecular formula is C19H19N3O3. The lowest BCUT2D eigenvalue weighted by Crippen LogP contribution is -2.15. The molecule has 1 aromatic heterocycles. The molecule has 1 heterocycles. The molecule has 0 atom stereocenters. The average molecular weight is 337 g/mol. The molecule has 3 aromatic rings. The second kappa shape index (κ2) is 7.61. The molecule has 6 nitrogen and oxygen atoms in total. The van der Waals surface area contributed by atoms with E-state index in [0.29, 0.717) is 18.2 Å². The van der Waals surface area contributed by atoms with Crippen molar-refractivity contribution in [3.05, 3.63) is 60.0 Å². The summed E-state index contributed by atoms with van der Waals surface area (Å²) in [6.45, 7) is 4.30. The number of aromatic nitrogens is 2. The standard InChI is InChI=1S/C19H19N3O3/c1-13-5-3-6-14(2)18(13)24-10-9-17(23)21-16-8-4-7-15(11-16)19-22-20-12-25-19/h3-8,11-12H,9-10H2,1-2H3,(H,21,23). The van der Waals surface area contributed by atoms with E-state index >= 15 is 0 Å². The molecule has 0 saturated heterocycles. The Bertz CT molecular complexity index is 840. The van der Waals surface area contributed by atoms with Crippen LogP contribution in [0.2, 0.25) is 0 Å². The fraction of sp³-hybridized carbons (Fsp3) is 0.211. The van der Waals surface area contributed by atoms with Gasteiger partial charge in [-0.05, 0) is 43.2 Å². The zero-order valence-electron chi connectivity index (χ0n) is 14.2. The van der Waals surface area contributed by atoms with Crippen molar-refractivity contribution in [1.29, 1.82) is 0 Å². The van der Waals surface area contributed by atoms with Crippen molar-refractivity contribution in [3.8, 4) is 17.2 Å². The number of aryl methyl sites for hydroxylation is 2. The molecule has 128 valence electrons. The molecule has 0 bridgehead atoms. The van der Waals surface area contributed by atoms with E-state index in [2.05, 4.69) is 15.5 Å². The highest BCUT2D eigenvalue weighted by atomic mass is 16.5. The molecule has 3 rings (SSSR count). The van der Waals surface area contributed by atoms with Gasteiger partial charge in [0, 0.05) is 11.3 Å². The first-order chi connectivity index (χ1) is 12.1. The average Bonchev–Trinajstić information content (AvgIpc) is 3.12. The van der Waals surface area contributed by atoms with Gasteiger partial charge in [-0.15, -0.1) is 10.2 Å². The fourth-order valence-electron chi connectivity index (χ4n) is 2.52. The predicted molar refractivity (Wildman–Crippen MR) is 94.4 cm³/mol. The topological polar surface area (TPSA) is 77.2 Å². The van der Waals surface area contributed by atoms with E-state index in [1.165, 1.54) is 6.39 Å². The number of rotatable bonds is 6. The zero-order valence-corrected chi connectivity index (χ0v) is 14.2. The minimum Gasteiger partial charge on any atom is -0.493 e. The summed E-state index contributed by atoms with van der Waals surface area (Å²) < 4.78 is 10.9. The summed E-state index contributed by atoms with van der Waals surface area (Å²) >= 11 is 0. The van der Waals surface area contributed by atoms with Crippen LogP contribution in [0, 0.1) is 13.8 Å². The highest BCUT2D eigenvalue weighted by Gasteiger charge is 2.08. The molecule has 0 saturated carbocycles. The summed E-state index contributed by atoms with van der Waals surface area (Å²) in [5, 5.41) is 10.4. The van der Waals surface area contributed by atoms with Crippen molar-refractivity contribution >= 4 is 11.6 Å². The maximum Gasteiger partial charge on any atom is 0.247 e. The molecule has 0 spiro atoms. The lowest BCUT2D eigenvalue weighted by Gasteiger charge is -2.12. The highest BCUT2D eigenvalue weighted by Crippen LogP contribution is 2.23. The van der Waals surface area contributed by atoms with Crippen LogP contribution in [0.5, 0.6) is 5.75 Å². The Morgan fingerprint density at radius 3 is 2.64 bits per heavy atom. The summed E-state index contributed by atoms with van der Waals surface area (Å²) in [5.41, 5.74) is 3.55. The molecule has 0 fully saturated rings. The Balaban J connectivity index is 1.55. The van der Waals surface area contributed by atoms with E-state index in [0.717, 1.165) is 22.4 Å². The van der Waals surface area contributed by atoms with Crippen molar-refractivity contribution in [2.24, 2.45) is 0 Å². The molecule has 1 amide bonds. The highest BCUT2D eigenvalue weighted by molar-refractivity contribution is 5.91. The third-order valence-corrected chi connectivity index (χ3v) is 3.74. The van der Waals surface area contributed by atoms with Gasteiger partial charge in [0.05, 0.1) is 13.0 Å². The quantitative estimate of drug-likeness (QED) is 0.741. The Labute approximate surface area is 145 Å². The Hall–Kier alpha value is -3.15. The summed E-state index contributed by atoms with van der Waals surface area (Å²) in [5.74, 6) is 1.14. The van der Waals surface area contributed by atoms with E-state index in [1.54, 1.807) is 6.07 Å². The third-order valence-electron chi connectivity index (χ3n) is 3.74. The van der Waals surface area contributed by atoms with Gasteiger partial charge < -0.3 is 14.5 Å². The number of ether oxygens (including phenoxy) is 1. The number of anilines is 1. The summed E-state index contributed by atoms with van der Waals surface area (Å²) in [6, 6.07) is 13.2. The van der Waals surface area contributed by atoms with Crippen LogP contribution in [0.15, 0.2) is 53.3 Å². The maximum absolute atomic E-state index is 12.1. The van der Waals surface area contributed by atoms with Crippen LogP contribution >= 0.6 is 0 Å². The number of hydrogen-bond acceptors (Lipinski definition) is 5. The first-order valence-corrected chi connectivity index (χ1v) is 7.99. The van der Waals surface area contributed by atoms with Crippen molar-refractivity contribution < 1.29 is 13.9 Å². The molecule has 1 N–H and O–H groups in total. The maximum atomic E-state index is 12.1. The number of carbonyl (C=O) groups is 1. The lowest BCUT2D eigenvalue weighted by molar-refractivity contribution is -0.116. The molecule has 0 radical (unpaired) electrons. The minimum absolute atomic E-state index is 0.117. The first-order valence-electron chi connectivity index (χ1n) is 7.99. The largest absolute Gasteiger partial charge is 0.493 e. The molecular weight excluding hydrogens is 318 g/mol. The molecule has 0 aliphatic rings. The number of carbonyl (C=O) groups excluding carboxylic acids is 1. The van der Waals surface area contributed by atoms with Crippen LogP contribution in [0.3, 0.4) is 0 Å². The van der Waals surface area contributed by atoms with E-state index in [9.17, 15) is 4.79 Å². The van der Waals surface area contributed by atoms with Gasteiger partial charge in [-0.3, -0.25) is 4.79 Å². The van der Waals surface area contributed by atoms with Crippen LogP contribution in [-0.4, -0.2) is 22.7 Å². The Morgan fingerprint density at radius 1 is 1.16 bits per heavy atom. The lowest BCUT2D eigenvalue weighted by atomic mass is 10.1. The van der Waals surface area contributed by atoms with Crippen LogP contribution < -0.4 is 10.1 Å². The fourth-order valence-corrected chi connectivity index (χ4v) is 2.52. The van der Waals surface area contributed by atoms with E-state index in [4.69, 9.17) is 9.15 Å². The number of nitrogens with one attached hydrogen (secondary N) is 1. The number of hydrogen-bond donors (Lipinski definition) is 1. The van der Waals surface area contributed by atoms with Crippen molar-refractivity contribution in [3.63, 3.8) is 0 Å². The number of benzene rings is 2. The van der Waals surface area contributed by atoms with Crippen molar-refractivity contribution in [2.45, 2.75) is 20.3 Å². The van der Waals surface area contributed by atoms with Crippen LogP contribution in [0.4, 0.5) is 5.69 Å². The Morgan fingerprint density at radius 2 is 1.92 bits per heavy atom. The van der Waals surface area contributed by atoms with Gasteiger partial charge in [-0.2, -0.15) is 0 Å². The SMILES string of the molecule is Cc1cccc(C)c1OCCC(=O)Nc1cccc(-c2nnco2)c1. The molecule has 0 aliphatic heterocycles. The minimum atomic E-state index is -0.117. The van der Waals surface area contributed by atoms with E-state index < -0.39 is 0 Å². The van der Waals surface area contributed by atoms with Gasteiger partial charge in [0.25, 0.3) is 0 Å². The van der Waals surface area contributed by atoms with E-state index in [-0.39, 0.29) is 12.3 Å². The van der Waals surface area contributed by atoms with Gasteiger partial charge in [-0.1, -0.05) is 24.3 Å². The van der Waals surface area contributed by atoms with Gasteiger partial charge >= 0.3 is 0 Å². The number of amides is 1. The van der Waals surface area contributed by atoms with Crippen LogP contribution in [0.25, 0.3) is 11.5 Å². The summed E-state index contributed by atoms with van der Waals surface area (Å²) in [6.07, 6.45) is 1.53. The van der Waals surface area contributed by atoms with Gasteiger partial charge in [-0.25, -0.2) is 0 Å². The molecule has 0 aliphatic carbocycles. The first kappa shape index (κ1) is 16.7. The van der Waals surface area contributed by atoms with Crippen molar-refractivity contribution in [2.75, 3.05) is 11.9 Å². The number of para-hydroxylation sites is 1. The van der Waals surface area contributed by atoms with Crippen LogP contribution in [0.1, 0.15) is 17.5 Å². The molecule has 2 aromatic carbocycles. The normalized spacial score (nSPS) is 10.5. The number of nitrogens with zero attached hydrogens (tertiary/aromatic N) is 2. The van der Waals surface area contributed by atoms with Crippen molar-refractivity contribution in [1.82, 2.24) is 10.2 Å². The zero-order chi connectivity index (χ0) is 17.6. The molecule has 0 unspecified atom stereocenters. The van der Waals surface area contributed by atoms with E-state index in [1.807, 2.05) is 50.2 Å². The second-order valence-corrected chi connectivity index (χ2v) is 5.69. The third kappa shape index (κ3) is 4.23. The smallest absolute Gasteiger partial charge is 0.247 e. The second-order valence-electron chi connectivity index (χ2n) is 5.69. The predicted octanol–water partition coefficient (Wildman–Crippen LogP) is 3.76. The Kier molecular flexibility index (Phi) is 5.09.